The summed E-state index contributed by atoms with van der Waals surface area (Å²) in [5, 5.41) is 5.85. The van der Waals surface area contributed by atoms with Crippen molar-refractivity contribution in [2.45, 2.75) is 26.1 Å². The summed E-state index contributed by atoms with van der Waals surface area (Å²) in [5.41, 5.74) is 2.81. The number of anilines is 1. The fourth-order valence-electron chi connectivity index (χ4n) is 4.34. The summed E-state index contributed by atoms with van der Waals surface area (Å²) < 4.78 is 43.7. The van der Waals surface area contributed by atoms with E-state index in [-0.39, 0.29) is 5.92 Å². The zero-order valence-corrected chi connectivity index (χ0v) is 21.8. The Balaban J connectivity index is 1.45. The highest BCUT2D eigenvalue weighted by Gasteiger charge is 2.30. The van der Waals surface area contributed by atoms with E-state index in [2.05, 4.69) is 37.1 Å². The number of hydrogen-bond acceptors (Lipinski definition) is 7. The number of pyridine rings is 2. The van der Waals surface area contributed by atoms with Crippen LogP contribution < -0.4 is 15.4 Å². The third-order valence-corrected chi connectivity index (χ3v) is 6.56. The zero-order chi connectivity index (χ0) is 27.3. The van der Waals surface area contributed by atoms with E-state index in [9.17, 15) is 18.0 Å². The third-order valence-electron chi connectivity index (χ3n) is 6.56. The fraction of sp³-hybridized carbons (Fsp3) is 0.500. The van der Waals surface area contributed by atoms with Gasteiger partial charge in [0, 0.05) is 67.8 Å². The lowest BCUT2D eigenvalue weighted by Crippen LogP contribution is -2.46. The molecule has 4 heterocycles. The van der Waals surface area contributed by atoms with Crippen molar-refractivity contribution in [3.63, 3.8) is 0 Å². The van der Waals surface area contributed by atoms with Gasteiger partial charge in [0.05, 0.1) is 11.9 Å². The van der Waals surface area contributed by atoms with Crippen molar-refractivity contribution in [3.05, 3.63) is 36.9 Å². The highest BCUT2D eigenvalue weighted by molar-refractivity contribution is 5.94. The van der Waals surface area contributed by atoms with Gasteiger partial charge in [0.2, 0.25) is 5.91 Å². The van der Waals surface area contributed by atoms with Gasteiger partial charge in [-0.2, -0.15) is 13.2 Å². The minimum Gasteiger partial charge on any atom is -0.491 e. The molecule has 3 aromatic rings. The van der Waals surface area contributed by atoms with E-state index in [0.29, 0.717) is 23.7 Å². The molecule has 1 atom stereocenters. The van der Waals surface area contributed by atoms with Crippen LogP contribution in [0.15, 0.2) is 36.9 Å². The lowest BCUT2D eigenvalue weighted by molar-refractivity contribution is -0.139. The molecule has 1 aliphatic rings. The predicted octanol–water partition coefficient (Wildman–Crippen LogP) is 3.37. The Labute approximate surface area is 219 Å². The van der Waals surface area contributed by atoms with E-state index in [1.165, 1.54) is 6.20 Å². The molecule has 0 aliphatic carbocycles. The molecule has 206 valence electrons. The number of aromatic nitrogens is 3. The van der Waals surface area contributed by atoms with E-state index in [1.54, 1.807) is 26.2 Å². The van der Waals surface area contributed by atoms with Crippen LogP contribution in [0.5, 0.6) is 5.75 Å². The Bertz CT molecular complexity index is 1220. The van der Waals surface area contributed by atoms with Crippen LogP contribution in [-0.4, -0.2) is 95.8 Å². The number of carbonyl (C=O) groups is 1. The standard InChI is InChI=1S/C26H34F3N7O2/c1-17(2)23(25(37)33-16-26(27,28)29)34-19-10-18(12-30-13-19)22-15-32-24-21(22)11-20(14-31-24)38-9-8-36-6-4-35(3)5-7-36/h10-15,17,23,34H,4-9,16H2,1-3H3,(H,31,32)(H,33,37)/t23-/m0/s1. The van der Waals surface area contributed by atoms with Gasteiger partial charge in [-0.15, -0.1) is 0 Å². The fourth-order valence-corrected chi connectivity index (χ4v) is 4.34. The van der Waals surface area contributed by atoms with Crippen LogP contribution in [0.1, 0.15) is 13.8 Å². The van der Waals surface area contributed by atoms with Crippen LogP contribution in [0, 0.1) is 5.92 Å². The number of likely N-dealkylation sites (N-methyl/N-ethyl adjacent to an activating group) is 1. The first-order chi connectivity index (χ1) is 18.1. The minimum absolute atomic E-state index is 0.255. The quantitative estimate of drug-likeness (QED) is 0.368. The van der Waals surface area contributed by atoms with Crippen LogP contribution in [0.4, 0.5) is 18.9 Å². The van der Waals surface area contributed by atoms with Crippen molar-refractivity contribution < 1.29 is 22.7 Å². The molecule has 0 saturated carbocycles. The SMILES string of the molecule is CC(C)[C@H](Nc1cncc(-c2c[nH]c3ncc(OCCN4CCN(C)CC4)cc23)c1)C(=O)NCC(F)(F)F. The molecule has 1 amide bonds. The summed E-state index contributed by atoms with van der Waals surface area (Å²) in [6.07, 6.45) is 2.26. The summed E-state index contributed by atoms with van der Waals surface area (Å²) in [4.78, 5) is 29.0. The van der Waals surface area contributed by atoms with Crippen LogP contribution in [0.2, 0.25) is 0 Å². The molecular weight excluding hydrogens is 499 g/mol. The number of nitrogens with zero attached hydrogens (tertiary/aromatic N) is 4. The molecule has 3 aromatic heterocycles. The molecule has 1 aliphatic heterocycles. The number of H-pyrrole nitrogens is 1. The van der Waals surface area contributed by atoms with Gasteiger partial charge in [0.25, 0.3) is 0 Å². The van der Waals surface area contributed by atoms with Crippen LogP contribution in [-0.2, 0) is 4.79 Å². The highest BCUT2D eigenvalue weighted by Crippen LogP contribution is 2.31. The van der Waals surface area contributed by atoms with E-state index >= 15 is 0 Å². The second-order valence-electron chi connectivity index (χ2n) is 9.92. The van der Waals surface area contributed by atoms with Crippen LogP contribution >= 0.6 is 0 Å². The third kappa shape index (κ3) is 7.35. The van der Waals surface area contributed by atoms with Gasteiger partial charge >= 0.3 is 6.18 Å². The first-order valence-corrected chi connectivity index (χ1v) is 12.7. The molecule has 0 spiro atoms. The smallest absolute Gasteiger partial charge is 0.405 e. The van der Waals surface area contributed by atoms with Crippen LogP contribution in [0.25, 0.3) is 22.2 Å². The summed E-state index contributed by atoms with van der Waals surface area (Å²) in [6, 6.07) is 2.88. The van der Waals surface area contributed by atoms with E-state index in [4.69, 9.17) is 4.74 Å². The number of alkyl halides is 3. The van der Waals surface area contributed by atoms with Gasteiger partial charge in [-0.3, -0.25) is 14.7 Å². The van der Waals surface area contributed by atoms with Gasteiger partial charge in [0.15, 0.2) is 0 Å². The zero-order valence-electron chi connectivity index (χ0n) is 21.8. The first kappa shape index (κ1) is 27.6. The van der Waals surface area contributed by atoms with Crippen LogP contribution in [0.3, 0.4) is 0 Å². The lowest BCUT2D eigenvalue weighted by Gasteiger charge is -2.32. The Hall–Kier alpha value is -3.38. The van der Waals surface area contributed by atoms with Gasteiger partial charge in [-0.25, -0.2) is 4.98 Å². The van der Waals surface area contributed by atoms with Gasteiger partial charge in [-0.1, -0.05) is 13.8 Å². The number of halogens is 3. The topological polar surface area (TPSA) is 98.4 Å². The molecule has 1 fully saturated rings. The number of nitrogens with one attached hydrogen (secondary N) is 3. The van der Waals surface area contributed by atoms with Crippen molar-refractivity contribution >= 4 is 22.6 Å². The van der Waals surface area contributed by atoms with Crippen molar-refractivity contribution in [1.82, 2.24) is 30.1 Å². The Morgan fingerprint density at radius 3 is 2.63 bits per heavy atom. The molecule has 0 aromatic carbocycles. The number of piperazine rings is 1. The second-order valence-corrected chi connectivity index (χ2v) is 9.92. The monoisotopic (exact) mass is 533 g/mol. The van der Waals surface area contributed by atoms with Crippen molar-refractivity contribution in [2.75, 3.05) is 58.2 Å². The molecule has 0 radical (unpaired) electrons. The Kier molecular flexibility index (Phi) is 8.72. The van der Waals surface area contributed by atoms with E-state index in [0.717, 1.165) is 49.2 Å². The number of fused-ring (bicyclic) bond motifs is 1. The second kappa shape index (κ2) is 12.0. The van der Waals surface area contributed by atoms with Gasteiger partial charge < -0.3 is 25.3 Å². The summed E-state index contributed by atoms with van der Waals surface area (Å²) in [6.45, 7) is 7.71. The summed E-state index contributed by atoms with van der Waals surface area (Å²) in [5.74, 6) is -0.317. The lowest BCUT2D eigenvalue weighted by atomic mass is 10.0. The number of amides is 1. The molecular formula is C26H34F3N7O2. The normalized spacial score (nSPS) is 16.1. The molecule has 12 heteroatoms. The molecule has 4 rings (SSSR count). The van der Waals surface area contributed by atoms with Crippen molar-refractivity contribution in [3.8, 4) is 16.9 Å². The largest absolute Gasteiger partial charge is 0.491 e. The maximum absolute atomic E-state index is 12.6. The number of ether oxygens (including phenoxy) is 1. The number of hydrogen-bond donors (Lipinski definition) is 3. The Morgan fingerprint density at radius 1 is 1.16 bits per heavy atom. The highest BCUT2D eigenvalue weighted by atomic mass is 19.4. The van der Waals surface area contributed by atoms with E-state index < -0.39 is 24.7 Å². The minimum atomic E-state index is -4.48. The molecule has 0 bridgehead atoms. The molecule has 1 saturated heterocycles. The summed E-state index contributed by atoms with van der Waals surface area (Å²) in [7, 11) is 2.13. The number of rotatable bonds is 10. The number of aromatic amines is 1. The average Bonchev–Trinajstić information content (AvgIpc) is 3.30. The molecule has 3 N–H and O–H groups in total. The first-order valence-electron chi connectivity index (χ1n) is 12.7. The Morgan fingerprint density at radius 2 is 1.92 bits per heavy atom. The molecule has 38 heavy (non-hydrogen) atoms. The van der Waals surface area contributed by atoms with E-state index in [1.807, 2.05) is 23.6 Å². The number of carbonyl (C=O) groups excluding carboxylic acids is 1. The molecule has 0 unspecified atom stereocenters. The predicted molar refractivity (Wildman–Crippen MR) is 140 cm³/mol. The maximum Gasteiger partial charge on any atom is 0.405 e. The molecule has 9 nitrogen and oxygen atoms in total. The van der Waals surface area contributed by atoms with Crippen molar-refractivity contribution in [1.29, 1.82) is 0 Å². The maximum atomic E-state index is 12.6. The summed E-state index contributed by atoms with van der Waals surface area (Å²) >= 11 is 0. The van der Waals surface area contributed by atoms with Gasteiger partial charge in [-0.05, 0) is 25.1 Å². The van der Waals surface area contributed by atoms with Crippen molar-refractivity contribution in [2.24, 2.45) is 5.92 Å². The average molecular weight is 534 g/mol. The van der Waals surface area contributed by atoms with Gasteiger partial charge in [0.1, 0.15) is 30.6 Å².